The molecule has 0 spiro atoms. The molecule has 0 N–H and O–H groups in total. The van der Waals surface area contributed by atoms with Crippen LogP contribution in [0.15, 0.2) is 48.6 Å². The molecule has 3 nitrogen and oxygen atoms in total. The first kappa shape index (κ1) is 32.8. The molecule has 2 fully saturated rings. The number of carbonyl (C=O) groups excluding carboxylic acids is 1. The highest BCUT2D eigenvalue weighted by Gasteiger charge is 2.41. The van der Waals surface area contributed by atoms with Crippen LogP contribution in [-0.2, 0) is 15.9 Å². The van der Waals surface area contributed by atoms with Crippen molar-refractivity contribution in [3.8, 4) is 0 Å². The Labute approximate surface area is 263 Å². The molecule has 5 heteroatoms. The van der Waals surface area contributed by atoms with Gasteiger partial charge < -0.3 is 9.47 Å². The van der Waals surface area contributed by atoms with E-state index in [2.05, 4.69) is 25.2 Å². The Morgan fingerprint density at radius 2 is 1.82 bits per heavy atom. The summed E-state index contributed by atoms with van der Waals surface area (Å²) in [5, 5.41) is 0. The number of hydrogen-bond acceptors (Lipinski definition) is 3. The summed E-state index contributed by atoms with van der Waals surface area (Å²) < 4.78 is 41.9. The average molecular weight is 605 g/mol. The molecule has 0 bridgehead atoms. The summed E-state index contributed by atoms with van der Waals surface area (Å²) in [6.45, 7) is 13.0. The van der Waals surface area contributed by atoms with Crippen LogP contribution in [0.2, 0.25) is 0 Å². The number of ether oxygens (including phenoxy) is 2. The lowest BCUT2D eigenvalue weighted by Gasteiger charge is -2.41. The van der Waals surface area contributed by atoms with Gasteiger partial charge in [-0.3, -0.25) is 4.79 Å². The standard InChI is InChI=1S/C39H50F2O3/c1-7-10-26-11-8-13-30(19-26)35-25(2)36(32-18-17-29(32)16-15-27-12-9-14-31(40)20-27)33(21-34(35)41)37(42)38(3,4)22-28-23-43-39(5,6)44-24-28/h8-9,12-14,19-21,26,28-29,32H,7,10-11,15-18,22-24H2,1-6H3. The van der Waals surface area contributed by atoms with Crippen LogP contribution in [0.3, 0.4) is 0 Å². The average Bonchev–Trinajstić information content (AvgIpc) is 2.95. The van der Waals surface area contributed by atoms with Gasteiger partial charge in [-0.25, -0.2) is 8.78 Å². The Bertz CT molecular complexity index is 1410. The zero-order chi connectivity index (χ0) is 31.6. The SMILES string of the molecule is CCCC1C=C(c2c(F)cc(C(=O)C(C)(C)CC3COC(C)(C)OC3)c(C3CCC3CCc3cccc(F)c3)c2C)C=CC1. The highest BCUT2D eigenvalue weighted by molar-refractivity contribution is 6.02. The summed E-state index contributed by atoms with van der Waals surface area (Å²) in [6.07, 6.45) is 13.9. The van der Waals surface area contributed by atoms with E-state index in [0.29, 0.717) is 42.6 Å². The summed E-state index contributed by atoms with van der Waals surface area (Å²) in [5.74, 6) is -0.151. The second kappa shape index (κ2) is 13.4. The van der Waals surface area contributed by atoms with E-state index in [4.69, 9.17) is 9.47 Å². The van der Waals surface area contributed by atoms with Gasteiger partial charge in [-0.1, -0.05) is 57.6 Å². The van der Waals surface area contributed by atoms with Gasteiger partial charge >= 0.3 is 0 Å². The summed E-state index contributed by atoms with van der Waals surface area (Å²) in [7, 11) is 0. The highest BCUT2D eigenvalue weighted by atomic mass is 19.1. The van der Waals surface area contributed by atoms with Crippen molar-refractivity contribution in [1.82, 2.24) is 0 Å². The molecule has 3 atom stereocenters. The Morgan fingerprint density at radius 3 is 2.48 bits per heavy atom. The molecule has 2 aromatic rings. The molecule has 0 radical (unpaired) electrons. The van der Waals surface area contributed by atoms with Crippen molar-refractivity contribution in [2.75, 3.05) is 13.2 Å². The quantitative estimate of drug-likeness (QED) is 0.239. The first-order valence-corrected chi connectivity index (χ1v) is 16.7. The minimum absolute atomic E-state index is 0.0151. The molecule has 2 aromatic carbocycles. The molecular formula is C39H50F2O3. The van der Waals surface area contributed by atoms with Gasteiger partial charge in [0.15, 0.2) is 11.6 Å². The van der Waals surface area contributed by atoms with E-state index in [-0.39, 0.29) is 29.3 Å². The highest BCUT2D eigenvalue weighted by Crippen LogP contribution is 2.50. The maximum atomic E-state index is 16.3. The number of halogens is 2. The molecule has 1 saturated carbocycles. The summed E-state index contributed by atoms with van der Waals surface area (Å²) in [5.41, 5.74) is 4.27. The summed E-state index contributed by atoms with van der Waals surface area (Å²) in [6, 6.07) is 8.37. The van der Waals surface area contributed by atoms with Gasteiger partial charge in [-0.2, -0.15) is 0 Å². The van der Waals surface area contributed by atoms with Crippen LogP contribution < -0.4 is 0 Å². The van der Waals surface area contributed by atoms with E-state index < -0.39 is 11.2 Å². The smallest absolute Gasteiger partial charge is 0.168 e. The zero-order valence-electron chi connectivity index (χ0n) is 27.5. The third-order valence-electron chi connectivity index (χ3n) is 10.2. The van der Waals surface area contributed by atoms with Crippen molar-refractivity contribution in [1.29, 1.82) is 0 Å². The maximum absolute atomic E-state index is 16.3. The fourth-order valence-corrected chi connectivity index (χ4v) is 7.66. The minimum atomic E-state index is -0.717. The summed E-state index contributed by atoms with van der Waals surface area (Å²) >= 11 is 0. The Hall–Kier alpha value is -2.63. The lowest BCUT2D eigenvalue weighted by molar-refractivity contribution is -0.264. The molecule has 0 amide bonds. The normalized spacial score (nSPS) is 23.7. The largest absolute Gasteiger partial charge is 0.350 e. The topological polar surface area (TPSA) is 35.5 Å². The van der Waals surface area contributed by atoms with Crippen LogP contribution in [0.1, 0.15) is 118 Å². The van der Waals surface area contributed by atoms with Gasteiger partial charge in [0, 0.05) is 22.5 Å². The van der Waals surface area contributed by atoms with E-state index in [1.807, 2.05) is 40.7 Å². The molecular weight excluding hydrogens is 554 g/mol. The Balaban J connectivity index is 1.49. The monoisotopic (exact) mass is 604 g/mol. The van der Waals surface area contributed by atoms with E-state index in [1.165, 1.54) is 6.07 Å². The van der Waals surface area contributed by atoms with Gasteiger partial charge in [0.2, 0.25) is 0 Å². The van der Waals surface area contributed by atoms with Gasteiger partial charge in [0.25, 0.3) is 0 Å². The van der Waals surface area contributed by atoms with E-state index in [9.17, 15) is 9.18 Å². The number of benzene rings is 2. The maximum Gasteiger partial charge on any atom is 0.168 e. The van der Waals surface area contributed by atoms with Crippen molar-refractivity contribution in [3.05, 3.63) is 88.0 Å². The molecule has 2 aliphatic carbocycles. The van der Waals surface area contributed by atoms with E-state index in [0.717, 1.165) is 67.2 Å². The predicted octanol–water partition coefficient (Wildman–Crippen LogP) is 10.2. The Morgan fingerprint density at radius 1 is 1.07 bits per heavy atom. The first-order valence-electron chi connectivity index (χ1n) is 16.7. The van der Waals surface area contributed by atoms with Gasteiger partial charge in [0.1, 0.15) is 11.6 Å². The fourth-order valence-electron chi connectivity index (χ4n) is 7.66. The third-order valence-corrected chi connectivity index (χ3v) is 10.2. The number of hydrogen-bond donors (Lipinski definition) is 0. The van der Waals surface area contributed by atoms with Crippen LogP contribution >= 0.6 is 0 Å². The summed E-state index contributed by atoms with van der Waals surface area (Å²) in [4.78, 5) is 14.5. The van der Waals surface area contributed by atoms with Crippen molar-refractivity contribution >= 4 is 11.4 Å². The molecule has 238 valence electrons. The Kier molecular flexibility index (Phi) is 9.96. The minimum Gasteiger partial charge on any atom is -0.350 e. The number of carbonyl (C=O) groups is 1. The molecule has 3 aliphatic rings. The van der Waals surface area contributed by atoms with Crippen molar-refractivity contribution in [3.63, 3.8) is 0 Å². The molecule has 1 aliphatic heterocycles. The predicted molar refractivity (Wildman–Crippen MR) is 174 cm³/mol. The number of ketones is 1. The molecule has 5 rings (SSSR count). The molecule has 44 heavy (non-hydrogen) atoms. The molecule has 3 unspecified atom stereocenters. The second-order valence-corrected chi connectivity index (χ2v) is 14.5. The van der Waals surface area contributed by atoms with Gasteiger partial charge in [-0.05, 0) is 124 Å². The van der Waals surface area contributed by atoms with Crippen molar-refractivity contribution in [2.45, 2.75) is 105 Å². The molecule has 1 saturated heterocycles. The van der Waals surface area contributed by atoms with Crippen LogP contribution in [0, 0.1) is 41.7 Å². The lowest BCUT2D eigenvalue weighted by atomic mass is 9.63. The van der Waals surface area contributed by atoms with Gasteiger partial charge in [0.05, 0.1) is 13.2 Å². The number of aryl methyl sites for hydroxylation is 1. The van der Waals surface area contributed by atoms with Crippen molar-refractivity contribution < 1.29 is 23.0 Å². The molecule has 0 aromatic heterocycles. The van der Waals surface area contributed by atoms with Crippen molar-refractivity contribution in [2.24, 2.45) is 23.2 Å². The van der Waals surface area contributed by atoms with Crippen LogP contribution in [0.5, 0.6) is 0 Å². The number of allylic oxidation sites excluding steroid dienone is 4. The number of Topliss-reactive ketones (excluding diaryl/α,β-unsaturated/α-hetero) is 1. The third kappa shape index (κ3) is 7.26. The van der Waals surface area contributed by atoms with E-state index in [1.54, 1.807) is 18.2 Å². The van der Waals surface area contributed by atoms with Crippen LogP contribution in [-0.4, -0.2) is 24.8 Å². The molecule has 1 heterocycles. The number of rotatable bonds is 11. The zero-order valence-corrected chi connectivity index (χ0v) is 27.5. The van der Waals surface area contributed by atoms with Crippen LogP contribution in [0.25, 0.3) is 5.57 Å². The second-order valence-electron chi connectivity index (χ2n) is 14.5. The van der Waals surface area contributed by atoms with E-state index >= 15 is 4.39 Å². The lowest BCUT2D eigenvalue weighted by Crippen LogP contribution is -2.42. The fraction of sp³-hybridized carbons (Fsp3) is 0.564. The first-order chi connectivity index (χ1) is 20.9. The van der Waals surface area contributed by atoms with Gasteiger partial charge in [-0.15, -0.1) is 0 Å². The van der Waals surface area contributed by atoms with Crippen LogP contribution in [0.4, 0.5) is 8.78 Å².